The number of aliphatic carboxylic acids is 2. The third kappa shape index (κ3) is 22.7. The van der Waals surface area contributed by atoms with E-state index < -0.39 is 18.0 Å². The number of hydrogen-bond acceptors (Lipinski definition) is 4. The van der Waals surface area contributed by atoms with Gasteiger partial charge in [-0.2, -0.15) is 0 Å². The molecular formula is C9H15NO6. The Morgan fingerprint density at radius 1 is 1.19 bits per heavy atom. The smallest absolute Gasteiger partial charge is 0.404 e. The molecule has 0 aliphatic rings. The molecule has 16 heavy (non-hydrogen) atoms. The van der Waals surface area contributed by atoms with Crippen molar-refractivity contribution in [2.75, 3.05) is 6.61 Å². The largest absolute Gasteiger partial charge is 0.478 e. The topological polar surface area (TPSA) is 127 Å². The average molecular weight is 233 g/mol. The van der Waals surface area contributed by atoms with Crippen LogP contribution in [0.1, 0.15) is 19.8 Å². The van der Waals surface area contributed by atoms with Gasteiger partial charge in [0, 0.05) is 12.2 Å². The van der Waals surface area contributed by atoms with Crippen LogP contribution in [0.15, 0.2) is 12.2 Å². The van der Waals surface area contributed by atoms with Crippen molar-refractivity contribution in [3.63, 3.8) is 0 Å². The first-order valence-corrected chi connectivity index (χ1v) is 4.46. The first-order chi connectivity index (χ1) is 7.40. The highest BCUT2D eigenvalue weighted by atomic mass is 16.5. The molecule has 7 heteroatoms. The van der Waals surface area contributed by atoms with Gasteiger partial charge in [-0.15, -0.1) is 0 Å². The van der Waals surface area contributed by atoms with E-state index in [0.717, 1.165) is 12.8 Å². The number of nitrogens with two attached hydrogens (primary N) is 1. The number of ether oxygens (including phenoxy) is 1. The summed E-state index contributed by atoms with van der Waals surface area (Å²) in [6.45, 7) is 2.47. The van der Waals surface area contributed by atoms with Crippen LogP contribution in [0.25, 0.3) is 0 Å². The molecule has 0 rings (SSSR count). The number of carbonyl (C=O) groups excluding carboxylic acids is 1. The molecule has 0 saturated carbocycles. The van der Waals surface area contributed by atoms with Gasteiger partial charge >= 0.3 is 18.0 Å². The maximum Gasteiger partial charge on any atom is 0.404 e. The highest BCUT2D eigenvalue weighted by Crippen LogP contribution is 1.85. The highest BCUT2D eigenvalue weighted by Gasteiger charge is 1.89. The lowest BCUT2D eigenvalue weighted by molar-refractivity contribution is -0.134. The summed E-state index contributed by atoms with van der Waals surface area (Å²) in [5, 5.41) is 15.6. The second-order valence-electron chi connectivity index (χ2n) is 2.53. The molecule has 0 fully saturated rings. The van der Waals surface area contributed by atoms with Crippen molar-refractivity contribution in [2.45, 2.75) is 19.8 Å². The number of primary amides is 1. The van der Waals surface area contributed by atoms with Crippen LogP contribution in [0.3, 0.4) is 0 Å². The Kier molecular flexibility index (Phi) is 11.3. The number of rotatable bonds is 5. The normalized spacial score (nSPS) is 9.06. The van der Waals surface area contributed by atoms with Crippen molar-refractivity contribution in [3.8, 4) is 0 Å². The van der Waals surface area contributed by atoms with E-state index in [9.17, 15) is 14.4 Å². The Morgan fingerprint density at radius 2 is 1.62 bits per heavy atom. The van der Waals surface area contributed by atoms with Gasteiger partial charge in [-0.25, -0.2) is 14.4 Å². The van der Waals surface area contributed by atoms with Gasteiger partial charge < -0.3 is 20.7 Å². The van der Waals surface area contributed by atoms with Gasteiger partial charge in [0.2, 0.25) is 0 Å². The molecule has 4 N–H and O–H groups in total. The SMILES string of the molecule is CCCCOC(N)=O.O=C(O)C=CC(=O)O. The van der Waals surface area contributed by atoms with Crippen molar-refractivity contribution < 1.29 is 29.3 Å². The summed E-state index contributed by atoms with van der Waals surface area (Å²) in [6, 6.07) is 0. The first kappa shape index (κ1) is 16.4. The number of carboxylic acids is 2. The number of hydrogen-bond donors (Lipinski definition) is 3. The van der Waals surface area contributed by atoms with E-state index in [1.54, 1.807) is 0 Å². The van der Waals surface area contributed by atoms with Crippen LogP contribution in [-0.4, -0.2) is 34.9 Å². The van der Waals surface area contributed by atoms with E-state index >= 15 is 0 Å². The monoisotopic (exact) mass is 233 g/mol. The number of unbranched alkanes of at least 4 members (excludes halogenated alkanes) is 1. The standard InChI is InChI=1S/C5H11NO2.C4H4O4/c1-2-3-4-8-5(6)7;5-3(6)1-2-4(7)8/h2-4H2,1H3,(H2,6,7);1-2H,(H,5,6)(H,7,8). The average Bonchev–Trinajstić information content (AvgIpc) is 2.16. The molecule has 0 radical (unpaired) electrons. The second kappa shape index (κ2) is 11.0. The molecule has 7 nitrogen and oxygen atoms in total. The summed E-state index contributed by atoms with van der Waals surface area (Å²) in [6.07, 6.45) is 2.35. The van der Waals surface area contributed by atoms with Crippen molar-refractivity contribution >= 4 is 18.0 Å². The summed E-state index contributed by atoms with van der Waals surface area (Å²) in [5.41, 5.74) is 4.67. The van der Waals surface area contributed by atoms with E-state index in [2.05, 4.69) is 10.5 Å². The van der Waals surface area contributed by atoms with Crippen molar-refractivity contribution in [1.29, 1.82) is 0 Å². The highest BCUT2D eigenvalue weighted by molar-refractivity contribution is 5.89. The zero-order valence-corrected chi connectivity index (χ0v) is 8.88. The zero-order chi connectivity index (χ0) is 13.0. The third-order valence-electron chi connectivity index (χ3n) is 1.11. The molecule has 0 unspecified atom stereocenters. The summed E-state index contributed by atoms with van der Waals surface area (Å²) in [5.74, 6) is -2.51. The van der Waals surface area contributed by atoms with Gasteiger partial charge in [0.15, 0.2) is 0 Å². The lowest BCUT2D eigenvalue weighted by Crippen LogP contribution is -2.13. The molecule has 0 aromatic carbocycles. The molecule has 0 aromatic heterocycles. The van der Waals surface area contributed by atoms with Crippen LogP contribution in [0.4, 0.5) is 4.79 Å². The lowest BCUT2D eigenvalue weighted by atomic mass is 10.4. The molecule has 0 bridgehead atoms. The van der Waals surface area contributed by atoms with Crippen LogP contribution >= 0.6 is 0 Å². The zero-order valence-electron chi connectivity index (χ0n) is 8.88. The van der Waals surface area contributed by atoms with Gasteiger partial charge in [0.1, 0.15) is 0 Å². The first-order valence-electron chi connectivity index (χ1n) is 4.46. The molecule has 1 amide bonds. The van der Waals surface area contributed by atoms with E-state index in [1.165, 1.54) is 0 Å². The van der Waals surface area contributed by atoms with Gasteiger partial charge in [-0.3, -0.25) is 0 Å². The molecule has 0 aliphatic heterocycles. The molecule has 0 atom stereocenters. The van der Waals surface area contributed by atoms with E-state index in [-0.39, 0.29) is 0 Å². The fourth-order valence-electron chi connectivity index (χ4n) is 0.460. The van der Waals surface area contributed by atoms with Crippen LogP contribution < -0.4 is 5.73 Å². The molecule has 0 aromatic rings. The number of carbonyl (C=O) groups is 3. The molecule has 0 aliphatic carbocycles. The van der Waals surface area contributed by atoms with Gasteiger partial charge in [-0.1, -0.05) is 13.3 Å². The maximum absolute atomic E-state index is 9.87. The molecule has 92 valence electrons. The van der Waals surface area contributed by atoms with Crippen LogP contribution in [0.2, 0.25) is 0 Å². The van der Waals surface area contributed by atoms with Crippen LogP contribution in [0.5, 0.6) is 0 Å². The minimum atomic E-state index is -1.26. The maximum atomic E-state index is 9.87. The summed E-state index contributed by atoms with van der Waals surface area (Å²) in [7, 11) is 0. The molecule has 0 spiro atoms. The van der Waals surface area contributed by atoms with Crippen LogP contribution in [0, 0.1) is 0 Å². The fourth-order valence-corrected chi connectivity index (χ4v) is 0.460. The lowest BCUT2D eigenvalue weighted by Gasteiger charge is -1.95. The predicted molar refractivity (Wildman–Crippen MR) is 54.9 cm³/mol. The Morgan fingerprint density at radius 3 is 1.88 bits per heavy atom. The van der Waals surface area contributed by atoms with Crippen molar-refractivity contribution in [3.05, 3.63) is 12.2 Å². The predicted octanol–water partition coefficient (Wildman–Crippen LogP) is 0.594. The molecular weight excluding hydrogens is 218 g/mol. The number of amides is 1. The third-order valence-corrected chi connectivity index (χ3v) is 1.11. The van der Waals surface area contributed by atoms with Gasteiger partial charge in [0.25, 0.3) is 0 Å². The second-order valence-corrected chi connectivity index (χ2v) is 2.53. The van der Waals surface area contributed by atoms with E-state index in [1.807, 2.05) is 6.92 Å². The van der Waals surface area contributed by atoms with E-state index in [0.29, 0.717) is 18.8 Å². The summed E-state index contributed by atoms with van der Waals surface area (Å²) < 4.78 is 4.42. The summed E-state index contributed by atoms with van der Waals surface area (Å²) >= 11 is 0. The Hall–Kier alpha value is -2.05. The van der Waals surface area contributed by atoms with Crippen molar-refractivity contribution in [1.82, 2.24) is 0 Å². The minimum Gasteiger partial charge on any atom is -0.478 e. The molecule has 0 heterocycles. The minimum absolute atomic E-state index is 0.450. The summed E-state index contributed by atoms with van der Waals surface area (Å²) in [4.78, 5) is 29.0. The van der Waals surface area contributed by atoms with Crippen molar-refractivity contribution in [2.24, 2.45) is 5.73 Å². The molecule has 0 saturated heterocycles. The quantitative estimate of drug-likeness (QED) is 0.471. The Labute approximate surface area is 92.5 Å². The van der Waals surface area contributed by atoms with E-state index in [4.69, 9.17) is 10.2 Å². The van der Waals surface area contributed by atoms with Crippen LogP contribution in [-0.2, 0) is 14.3 Å². The fraction of sp³-hybridized carbons (Fsp3) is 0.444. The number of carboxylic acid groups (broad SMARTS) is 2. The Balaban J connectivity index is 0. The Bertz CT molecular complexity index is 245. The van der Waals surface area contributed by atoms with Gasteiger partial charge in [-0.05, 0) is 6.42 Å². The van der Waals surface area contributed by atoms with Gasteiger partial charge in [0.05, 0.1) is 6.61 Å².